The van der Waals surface area contributed by atoms with Crippen LogP contribution >= 0.6 is 0 Å². The maximum Gasteiger partial charge on any atom is 0.188 e. The molecule has 0 aliphatic rings. The number of ether oxygens (including phenoxy) is 1. The van der Waals surface area contributed by atoms with Crippen molar-refractivity contribution in [1.82, 2.24) is 5.32 Å². The van der Waals surface area contributed by atoms with E-state index in [1.54, 1.807) is 0 Å². The summed E-state index contributed by atoms with van der Waals surface area (Å²) in [5.41, 5.74) is 7.12. The highest BCUT2D eigenvalue weighted by atomic mass is 16.5. The smallest absolute Gasteiger partial charge is 0.188 e. The van der Waals surface area contributed by atoms with Crippen molar-refractivity contribution in [3.8, 4) is 0 Å². The molecular formula is C18H31N3O. The standard InChI is InChI=1S/C18H31N3O/c1-2-3-4-8-13-20-18(19)21-14-9-15-22-16-12-17-10-6-5-7-11-17/h5-7,10-11H,2-4,8-9,12-16H2,1H3,(H3,19,20,21). The van der Waals surface area contributed by atoms with Crippen LogP contribution in [-0.4, -0.2) is 32.3 Å². The van der Waals surface area contributed by atoms with Gasteiger partial charge in [0.05, 0.1) is 6.61 Å². The normalized spacial score (nSPS) is 11.6. The topological polar surface area (TPSA) is 59.6 Å². The molecule has 0 saturated heterocycles. The first-order valence-corrected chi connectivity index (χ1v) is 8.48. The minimum absolute atomic E-state index is 0.556. The van der Waals surface area contributed by atoms with Crippen LogP contribution in [0.1, 0.15) is 44.6 Å². The second-order valence-corrected chi connectivity index (χ2v) is 5.46. The predicted octanol–water partition coefficient (Wildman–Crippen LogP) is 3.12. The van der Waals surface area contributed by atoms with Crippen LogP contribution in [0.5, 0.6) is 0 Å². The van der Waals surface area contributed by atoms with Crippen molar-refractivity contribution in [2.24, 2.45) is 10.7 Å². The third-order valence-corrected chi connectivity index (χ3v) is 3.44. The Kier molecular flexibility index (Phi) is 11.0. The molecule has 0 saturated carbocycles. The molecule has 0 amide bonds. The van der Waals surface area contributed by atoms with Gasteiger partial charge in [-0.3, -0.25) is 4.99 Å². The maximum absolute atomic E-state index is 5.80. The second kappa shape index (κ2) is 13.1. The van der Waals surface area contributed by atoms with E-state index in [0.717, 1.165) is 45.6 Å². The average molecular weight is 305 g/mol. The number of guanidine groups is 1. The van der Waals surface area contributed by atoms with Crippen molar-refractivity contribution in [2.75, 3.05) is 26.3 Å². The summed E-state index contributed by atoms with van der Waals surface area (Å²) in [6, 6.07) is 10.4. The average Bonchev–Trinajstić information content (AvgIpc) is 2.55. The molecule has 0 fully saturated rings. The Labute approximate surface area is 135 Å². The van der Waals surface area contributed by atoms with Crippen molar-refractivity contribution in [3.05, 3.63) is 35.9 Å². The number of nitrogens with one attached hydrogen (secondary N) is 1. The molecule has 0 aromatic heterocycles. The van der Waals surface area contributed by atoms with Gasteiger partial charge in [-0.1, -0.05) is 56.5 Å². The Balaban J connectivity index is 1.92. The van der Waals surface area contributed by atoms with Crippen LogP contribution in [0.3, 0.4) is 0 Å². The molecule has 0 bridgehead atoms. The fourth-order valence-electron chi connectivity index (χ4n) is 2.13. The molecule has 0 aliphatic carbocycles. The van der Waals surface area contributed by atoms with E-state index in [1.807, 2.05) is 6.07 Å². The molecule has 4 heteroatoms. The van der Waals surface area contributed by atoms with Gasteiger partial charge in [0.2, 0.25) is 0 Å². The SMILES string of the molecule is CCCCCCNC(N)=NCCCOCCc1ccccc1. The lowest BCUT2D eigenvalue weighted by Crippen LogP contribution is -2.32. The van der Waals surface area contributed by atoms with E-state index in [-0.39, 0.29) is 0 Å². The zero-order valence-electron chi connectivity index (χ0n) is 13.9. The van der Waals surface area contributed by atoms with E-state index in [1.165, 1.54) is 24.8 Å². The highest BCUT2D eigenvalue weighted by Crippen LogP contribution is 2.00. The van der Waals surface area contributed by atoms with Gasteiger partial charge in [-0.25, -0.2) is 0 Å². The molecule has 3 N–H and O–H groups in total. The highest BCUT2D eigenvalue weighted by molar-refractivity contribution is 5.77. The van der Waals surface area contributed by atoms with Gasteiger partial charge in [0.25, 0.3) is 0 Å². The Morgan fingerprint density at radius 2 is 1.91 bits per heavy atom. The van der Waals surface area contributed by atoms with E-state index in [4.69, 9.17) is 10.5 Å². The van der Waals surface area contributed by atoms with E-state index in [9.17, 15) is 0 Å². The van der Waals surface area contributed by atoms with Gasteiger partial charge in [-0.2, -0.15) is 0 Å². The number of benzene rings is 1. The number of aliphatic imine (C=N–C) groups is 1. The van der Waals surface area contributed by atoms with Crippen molar-refractivity contribution in [2.45, 2.75) is 45.4 Å². The fraction of sp³-hybridized carbons (Fsp3) is 0.611. The Morgan fingerprint density at radius 1 is 1.09 bits per heavy atom. The van der Waals surface area contributed by atoms with Crippen LogP contribution in [-0.2, 0) is 11.2 Å². The lowest BCUT2D eigenvalue weighted by molar-refractivity contribution is 0.136. The summed E-state index contributed by atoms with van der Waals surface area (Å²) in [7, 11) is 0. The minimum Gasteiger partial charge on any atom is -0.381 e. The number of hydrogen-bond donors (Lipinski definition) is 2. The molecule has 1 aromatic rings. The molecule has 22 heavy (non-hydrogen) atoms. The zero-order valence-corrected chi connectivity index (χ0v) is 13.9. The summed E-state index contributed by atoms with van der Waals surface area (Å²) in [6.45, 7) is 5.35. The number of rotatable bonds is 12. The van der Waals surface area contributed by atoms with Gasteiger partial charge >= 0.3 is 0 Å². The third-order valence-electron chi connectivity index (χ3n) is 3.44. The van der Waals surface area contributed by atoms with Gasteiger partial charge in [0, 0.05) is 19.7 Å². The Hall–Kier alpha value is -1.55. The zero-order chi connectivity index (χ0) is 15.9. The molecule has 124 valence electrons. The third kappa shape index (κ3) is 10.2. The largest absolute Gasteiger partial charge is 0.381 e. The molecule has 0 spiro atoms. The summed E-state index contributed by atoms with van der Waals surface area (Å²) in [4.78, 5) is 4.30. The number of unbranched alkanes of at least 4 members (excludes halogenated alkanes) is 3. The molecule has 0 heterocycles. The second-order valence-electron chi connectivity index (χ2n) is 5.46. The van der Waals surface area contributed by atoms with Gasteiger partial charge in [0.15, 0.2) is 5.96 Å². The molecule has 0 unspecified atom stereocenters. The highest BCUT2D eigenvalue weighted by Gasteiger charge is 1.94. The Morgan fingerprint density at radius 3 is 2.68 bits per heavy atom. The molecule has 1 rings (SSSR count). The molecule has 0 radical (unpaired) electrons. The summed E-state index contributed by atoms with van der Waals surface area (Å²) >= 11 is 0. The van der Waals surface area contributed by atoms with E-state index < -0.39 is 0 Å². The van der Waals surface area contributed by atoms with Crippen LogP contribution in [0, 0.1) is 0 Å². The quantitative estimate of drug-likeness (QED) is 0.354. The molecule has 1 aromatic carbocycles. The van der Waals surface area contributed by atoms with Crippen molar-refractivity contribution in [1.29, 1.82) is 0 Å². The van der Waals surface area contributed by atoms with Gasteiger partial charge in [-0.05, 0) is 24.8 Å². The van der Waals surface area contributed by atoms with Crippen LogP contribution in [0.2, 0.25) is 0 Å². The van der Waals surface area contributed by atoms with Gasteiger partial charge < -0.3 is 15.8 Å². The maximum atomic E-state index is 5.80. The van der Waals surface area contributed by atoms with Crippen LogP contribution in [0.15, 0.2) is 35.3 Å². The first-order valence-electron chi connectivity index (χ1n) is 8.48. The van der Waals surface area contributed by atoms with Crippen molar-refractivity contribution in [3.63, 3.8) is 0 Å². The lowest BCUT2D eigenvalue weighted by atomic mass is 10.2. The summed E-state index contributed by atoms with van der Waals surface area (Å²) in [5.74, 6) is 0.556. The summed E-state index contributed by atoms with van der Waals surface area (Å²) < 4.78 is 5.61. The first kappa shape index (κ1) is 18.5. The number of hydrogen-bond acceptors (Lipinski definition) is 2. The Bertz CT molecular complexity index is 393. The van der Waals surface area contributed by atoms with E-state index >= 15 is 0 Å². The monoisotopic (exact) mass is 305 g/mol. The van der Waals surface area contributed by atoms with Crippen LogP contribution in [0.4, 0.5) is 0 Å². The van der Waals surface area contributed by atoms with Gasteiger partial charge in [0.1, 0.15) is 0 Å². The van der Waals surface area contributed by atoms with Crippen LogP contribution < -0.4 is 11.1 Å². The number of nitrogens with zero attached hydrogens (tertiary/aromatic N) is 1. The number of nitrogens with two attached hydrogens (primary N) is 1. The summed E-state index contributed by atoms with van der Waals surface area (Å²) in [6.07, 6.45) is 6.84. The predicted molar refractivity (Wildman–Crippen MR) is 94.2 cm³/mol. The van der Waals surface area contributed by atoms with E-state index in [2.05, 4.69) is 41.5 Å². The lowest BCUT2D eigenvalue weighted by Gasteiger charge is -2.06. The molecule has 0 atom stereocenters. The van der Waals surface area contributed by atoms with Gasteiger partial charge in [-0.15, -0.1) is 0 Å². The van der Waals surface area contributed by atoms with E-state index in [0.29, 0.717) is 5.96 Å². The van der Waals surface area contributed by atoms with Crippen molar-refractivity contribution >= 4 is 5.96 Å². The molecular weight excluding hydrogens is 274 g/mol. The minimum atomic E-state index is 0.556. The fourth-order valence-corrected chi connectivity index (χ4v) is 2.13. The molecule has 4 nitrogen and oxygen atoms in total. The first-order chi connectivity index (χ1) is 10.8. The van der Waals surface area contributed by atoms with Crippen LogP contribution in [0.25, 0.3) is 0 Å². The summed E-state index contributed by atoms with van der Waals surface area (Å²) in [5, 5.41) is 3.15. The van der Waals surface area contributed by atoms with Crippen molar-refractivity contribution < 1.29 is 4.74 Å². The molecule has 0 aliphatic heterocycles.